The van der Waals surface area contributed by atoms with Crippen LogP contribution in [0, 0.1) is 5.92 Å². The molecule has 1 N–H and O–H groups in total. The third-order valence-electron chi connectivity index (χ3n) is 4.10. The van der Waals surface area contributed by atoms with Crippen molar-refractivity contribution in [2.24, 2.45) is 5.92 Å². The van der Waals surface area contributed by atoms with Crippen molar-refractivity contribution in [1.29, 1.82) is 0 Å². The van der Waals surface area contributed by atoms with Crippen molar-refractivity contribution in [3.05, 3.63) is 59.1 Å². The summed E-state index contributed by atoms with van der Waals surface area (Å²) in [6.45, 7) is 0.0103. The van der Waals surface area contributed by atoms with Gasteiger partial charge in [0.15, 0.2) is 0 Å². The second-order valence-electron chi connectivity index (χ2n) is 5.92. The van der Waals surface area contributed by atoms with Gasteiger partial charge in [-0.3, -0.25) is 9.59 Å². The van der Waals surface area contributed by atoms with Gasteiger partial charge in [0.1, 0.15) is 0 Å². The van der Waals surface area contributed by atoms with Gasteiger partial charge >= 0.3 is 6.18 Å². The van der Waals surface area contributed by atoms with E-state index in [4.69, 9.17) is 11.6 Å². The van der Waals surface area contributed by atoms with Crippen LogP contribution in [0.15, 0.2) is 48.5 Å². The van der Waals surface area contributed by atoms with E-state index in [1.165, 1.54) is 11.0 Å². The first kappa shape index (κ1) is 18.3. The summed E-state index contributed by atoms with van der Waals surface area (Å²) in [4.78, 5) is 25.7. The van der Waals surface area contributed by atoms with Crippen molar-refractivity contribution in [2.75, 3.05) is 16.8 Å². The number of carbonyl (C=O) groups excluding carboxylic acids is 2. The zero-order chi connectivity index (χ0) is 18.9. The first-order chi connectivity index (χ1) is 12.3. The summed E-state index contributed by atoms with van der Waals surface area (Å²) in [5.41, 5.74) is -0.349. The Bertz CT molecular complexity index is 840. The summed E-state index contributed by atoms with van der Waals surface area (Å²) in [6, 6.07) is 12.0. The molecule has 0 radical (unpaired) electrons. The van der Waals surface area contributed by atoms with Crippen molar-refractivity contribution >= 4 is 34.8 Å². The number of amides is 2. The van der Waals surface area contributed by atoms with E-state index in [0.717, 1.165) is 12.1 Å². The highest BCUT2D eigenvalue weighted by atomic mass is 35.5. The lowest BCUT2D eigenvalue weighted by atomic mass is 10.1. The molecular formula is C18H14ClF3N2O2. The Morgan fingerprint density at radius 2 is 1.85 bits per heavy atom. The number of para-hydroxylation sites is 1. The molecule has 1 heterocycles. The van der Waals surface area contributed by atoms with Gasteiger partial charge in [0.2, 0.25) is 11.8 Å². The van der Waals surface area contributed by atoms with Crippen LogP contribution >= 0.6 is 11.6 Å². The average Bonchev–Trinajstić information content (AvgIpc) is 2.97. The summed E-state index contributed by atoms with van der Waals surface area (Å²) in [6.07, 6.45) is -4.69. The van der Waals surface area contributed by atoms with Crippen LogP contribution in [0.4, 0.5) is 24.5 Å². The Morgan fingerprint density at radius 3 is 2.50 bits per heavy atom. The molecule has 3 rings (SSSR count). The molecule has 136 valence electrons. The minimum absolute atomic E-state index is 0.0103. The summed E-state index contributed by atoms with van der Waals surface area (Å²) < 4.78 is 39.0. The maximum Gasteiger partial charge on any atom is 0.417 e. The smallest absolute Gasteiger partial charge is 0.326 e. The van der Waals surface area contributed by atoms with Crippen LogP contribution in [0.2, 0.25) is 5.02 Å². The minimum Gasteiger partial charge on any atom is -0.326 e. The Hall–Kier alpha value is -2.54. The van der Waals surface area contributed by atoms with E-state index in [0.29, 0.717) is 5.69 Å². The van der Waals surface area contributed by atoms with E-state index >= 15 is 0 Å². The third-order valence-corrected chi connectivity index (χ3v) is 4.43. The Balaban J connectivity index is 1.77. The largest absolute Gasteiger partial charge is 0.417 e. The Morgan fingerprint density at radius 1 is 1.15 bits per heavy atom. The molecule has 4 nitrogen and oxygen atoms in total. The molecule has 0 spiro atoms. The molecule has 1 unspecified atom stereocenters. The van der Waals surface area contributed by atoms with Gasteiger partial charge in [0.25, 0.3) is 0 Å². The van der Waals surface area contributed by atoms with Gasteiger partial charge in [-0.2, -0.15) is 13.2 Å². The van der Waals surface area contributed by atoms with Crippen LogP contribution in [0.1, 0.15) is 12.0 Å². The van der Waals surface area contributed by atoms with E-state index < -0.39 is 28.6 Å². The second-order valence-corrected chi connectivity index (χ2v) is 6.33. The van der Waals surface area contributed by atoms with E-state index in [1.807, 2.05) is 0 Å². The van der Waals surface area contributed by atoms with Gasteiger partial charge in [-0.1, -0.05) is 29.8 Å². The number of carbonyl (C=O) groups is 2. The molecule has 0 bridgehead atoms. The van der Waals surface area contributed by atoms with E-state index in [-0.39, 0.29) is 24.6 Å². The van der Waals surface area contributed by atoms with Crippen molar-refractivity contribution in [3.8, 4) is 0 Å². The monoisotopic (exact) mass is 382 g/mol. The lowest BCUT2D eigenvalue weighted by Crippen LogP contribution is -2.28. The van der Waals surface area contributed by atoms with Crippen LogP contribution in [-0.4, -0.2) is 18.4 Å². The van der Waals surface area contributed by atoms with Crippen LogP contribution in [0.3, 0.4) is 0 Å². The molecule has 1 saturated heterocycles. The number of hydrogen-bond acceptors (Lipinski definition) is 2. The number of benzene rings is 2. The number of halogens is 4. The molecule has 0 aromatic heterocycles. The van der Waals surface area contributed by atoms with E-state index in [9.17, 15) is 22.8 Å². The van der Waals surface area contributed by atoms with Crippen LogP contribution < -0.4 is 10.2 Å². The fourth-order valence-electron chi connectivity index (χ4n) is 2.80. The van der Waals surface area contributed by atoms with Crippen LogP contribution in [-0.2, 0) is 15.8 Å². The van der Waals surface area contributed by atoms with Crippen molar-refractivity contribution in [1.82, 2.24) is 0 Å². The fourth-order valence-corrected chi connectivity index (χ4v) is 3.02. The first-order valence-electron chi connectivity index (χ1n) is 7.79. The highest BCUT2D eigenvalue weighted by Crippen LogP contribution is 2.38. The van der Waals surface area contributed by atoms with Gasteiger partial charge < -0.3 is 10.2 Å². The number of anilines is 2. The molecule has 8 heteroatoms. The van der Waals surface area contributed by atoms with Crippen molar-refractivity contribution in [2.45, 2.75) is 12.6 Å². The third kappa shape index (κ3) is 3.83. The van der Waals surface area contributed by atoms with Crippen molar-refractivity contribution < 1.29 is 22.8 Å². The standard InChI is InChI=1S/C18H14ClF3N2O2/c19-15-7-6-13(9-14(15)18(20,21)22)24-10-11(8-16(24)25)17(26)23-12-4-2-1-3-5-12/h1-7,9,11H,8,10H2,(H,23,26). The van der Waals surface area contributed by atoms with E-state index in [2.05, 4.69) is 5.32 Å². The number of hydrogen-bond donors (Lipinski definition) is 1. The second kappa shape index (κ2) is 6.99. The van der Waals surface area contributed by atoms with Crippen LogP contribution in [0.5, 0.6) is 0 Å². The molecule has 1 aliphatic heterocycles. The molecule has 1 aliphatic rings. The molecule has 1 fully saturated rings. The summed E-state index contributed by atoms with van der Waals surface area (Å²) >= 11 is 5.61. The fraction of sp³-hybridized carbons (Fsp3) is 0.222. The zero-order valence-electron chi connectivity index (χ0n) is 13.4. The molecule has 2 aromatic carbocycles. The number of rotatable bonds is 3. The van der Waals surface area contributed by atoms with E-state index in [1.54, 1.807) is 30.3 Å². The molecular weight excluding hydrogens is 369 g/mol. The lowest BCUT2D eigenvalue weighted by Gasteiger charge is -2.19. The number of nitrogens with zero attached hydrogens (tertiary/aromatic N) is 1. The van der Waals surface area contributed by atoms with Gasteiger partial charge in [-0.25, -0.2) is 0 Å². The predicted molar refractivity (Wildman–Crippen MR) is 92.0 cm³/mol. The maximum atomic E-state index is 13.0. The Labute approximate surface area is 152 Å². The summed E-state index contributed by atoms with van der Waals surface area (Å²) in [7, 11) is 0. The first-order valence-corrected chi connectivity index (χ1v) is 8.16. The topological polar surface area (TPSA) is 49.4 Å². The zero-order valence-corrected chi connectivity index (χ0v) is 14.1. The molecule has 2 amide bonds. The SMILES string of the molecule is O=C(Nc1ccccc1)C1CC(=O)N(c2ccc(Cl)c(C(F)(F)F)c2)C1. The average molecular weight is 383 g/mol. The molecule has 26 heavy (non-hydrogen) atoms. The minimum atomic E-state index is -4.63. The maximum absolute atomic E-state index is 13.0. The summed E-state index contributed by atoms with van der Waals surface area (Å²) in [5, 5.41) is 2.26. The predicted octanol–water partition coefficient (Wildman–Crippen LogP) is 4.35. The Kier molecular flexibility index (Phi) is 4.91. The quantitative estimate of drug-likeness (QED) is 0.858. The van der Waals surface area contributed by atoms with Crippen molar-refractivity contribution in [3.63, 3.8) is 0 Å². The number of alkyl halides is 3. The summed E-state index contributed by atoms with van der Waals surface area (Å²) in [5.74, 6) is -1.40. The number of nitrogens with one attached hydrogen (secondary N) is 1. The van der Waals surface area contributed by atoms with Crippen LogP contribution in [0.25, 0.3) is 0 Å². The molecule has 0 aliphatic carbocycles. The molecule has 1 atom stereocenters. The highest BCUT2D eigenvalue weighted by molar-refractivity contribution is 6.31. The highest BCUT2D eigenvalue weighted by Gasteiger charge is 2.38. The normalized spacial score (nSPS) is 17.5. The van der Waals surface area contributed by atoms with Gasteiger partial charge in [0.05, 0.1) is 16.5 Å². The lowest BCUT2D eigenvalue weighted by molar-refractivity contribution is -0.137. The van der Waals surface area contributed by atoms with Gasteiger partial charge in [-0.05, 0) is 30.3 Å². The molecule has 2 aromatic rings. The van der Waals surface area contributed by atoms with Gasteiger partial charge in [0, 0.05) is 24.3 Å². The van der Waals surface area contributed by atoms with Gasteiger partial charge in [-0.15, -0.1) is 0 Å². The molecule has 0 saturated carbocycles.